The summed E-state index contributed by atoms with van der Waals surface area (Å²) >= 11 is 0. The summed E-state index contributed by atoms with van der Waals surface area (Å²) in [6.07, 6.45) is -0.808. The average molecular weight is 434 g/mol. The first kappa shape index (κ1) is 22.4. The molecule has 0 fully saturated rings. The van der Waals surface area contributed by atoms with Crippen molar-refractivity contribution in [3.8, 4) is 11.5 Å². The van der Waals surface area contributed by atoms with Crippen molar-refractivity contribution in [1.29, 1.82) is 0 Å². The highest BCUT2D eigenvalue weighted by Gasteiger charge is 2.10. The number of ether oxygens (including phenoxy) is 3. The summed E-state index contributed by atoms with van der Waals surface area (Å²) in [7, 11) is 0. The van der Waals surface area contributed by atoms with Gasteiger partial charge in [-0.05, 0) is 61.5 Å². The third-order valence-corrected chi connectivity index (χ3v) is 4.10. The van der Waals surface area contributed by atoms with E-state index in [0.717, 1.165) is 0 Å². The molecule has 164 valence electrons. The fourth-order valence-electron chi connectivity index (χ4n) is 2.66. The molecule has 0 aliphatic heterocycles. The van der Waals surface area contributed by atoms with Crippen molar-refractivity contribution in [2.45, 2.75) is 6.92 Å². The van der Waals surface area contributed by atoms with Crippen molar-refractivity contribution in [1.82, 2.24) is 0 Å². The van der Waals surface area contributed by atoms with Crippen LogP contribution in [-0.2, 0) is 9.53 Å². The van der Waals surface area contributed by atoms with Crippen LogP contribution in [0.25, 0.3) is 0 Å². The molecule has 2 amide bonds. The van der Waals surface area contributed by atoms with Gasteiger partial charge in [-0.1, -0.05) is 24.3 Å². The van der Waals surface area contributed by atoms with E-state index in [1.165, 1.54) is 24.3 Å². The second-order valence-corrected chi connectivity index (χ2v) is 6.49. The fourth-order valence-corrected chi connectivity index (χ4v) is 2.66. The minimum atomic E-state index is -0.808. The van der Waals surface area contributed by atoms with Gasteiger partial charge in [-0.15, -0.1) is 0 Å². The molecule has 3 aromatic carbocycles. The smallest absolute Gasteiger partial charge is 0.484 e. The van der Waals surface area contributed by atoms with Gasteiger partial charge in [0.15, 0.2) is 6.61 Å². The van der Waals surface area contributed by atoms with E-state index in [1.54, 1.807) is 43.3 Å². The Hall–Kier alpha value is -4.33. The fraction of sp³-hybridized carbons (Fsp3) is 0.125. The number of amides is 2. The van der Waals surface area contributed by atoms with Gasteiger partial charge in [-0.2, -0.15) is 0 Å². The average Bonchev–Trinajstić information content (AvgIpc) is 2.79. The van der Waals surface area contributed by atoms with Gasteiger partial charge in [0.25, 0.3) is 11.8 Å². The second-order valence-electron chi connectivity index (χ2n) is 6.49. The van der Waals surface area contributed by atoms with Gasteiger partial charge in [0, 0.05) is 16.9 Å². The van der Waals surface area contributed by atoms with Crippen LogP contribution in [-0.4, -0.2) is 31.2 Å². The molecule has 3 rings (SSSR count). The quantitative estimate of drug-likeness (QED) is 0.400. The number of hydrogen-bond acceptors (Lipinski definition) is 6. The first-order chi connectivity index (χ1) is 15.5. The second kappa shape index (κ2) is 11.2. The molecule has 0 spiro atoms. The van der Waals surface area contributed by atoms with Gasteiger partial charge in [-0.25, -0.2) is 4.79 Å². The van der Waals surface area contributed by atoms with Crippen LogP contribution in [0.15, 0.2) is 78.9 Å². The number of para-hydroxylation sites is 1. The number of nitrogens with one attached hydrogen (secondary N) is 2. The van der Waals surface area contributed by atoms with E-state index < -0.39 is 6.16 Å². The van der Waals surface area contributed by atoms with E-state index in [4.69, 9.17) is 14.2 Å². The lowest BCUT2D eigenvalue weighted by molar-refractivity contribution is -0.118. The maximum absolute atomic E-state index is 12.5. The molecule has 0 saturated carbocycles. The molecular formula is C24H22N2O6. The van der Waals surface area contributed by atoms with Gasteiger partial charge in [0.05, 0.1) is 6.61 Å². The molecule has 0 aromatic heterocycles. The molecule has 0 unspecified atom stereocenters. The summed E-state index contributed by atoms with van der Waals surface area (Å²) in [5.74, 6) is 0.183. The standard InChI is InChI=1S/C24H22N2O6/c1-2-30-24(29)32-21-13-11-17(12-14-21)23(28)26-19-8-6-7-18(15-19)25-22(27)16-31-20-9-4-3-5-10-20/h3-15H,2,16H2,1H3,(H,25,27)(H,26,28). The number of anilines is 2. The highest BCUT2D eigenvalue weighted by Crippen LogP contribution is 2.18. The Labute approximate surface area is 185 Å². The van der Waals surface area contributed by atoms with E-state index in [2.05, 4.69) is 10.6 Å². The van der Waals surface area contributed by atoms with Crippen molar-refractivity contribution in [3.63, 3.8) is 0 Å². The van der Waals surface area contributed by atoms with Gasteiger partial charge in [0.1, 0.15) is 11.5 Å². The number of rotatable bonds is 8. The zero-order valence-corrected chi connectivity index (χ0v) is 17.4. The summed E-state index contributed by atoms with van der Waals surface area (Å²) < 4.78 is 15.1. The van der Waals surface area contributed by atoms with Crippen LogP contribution in [0.5, 0.6) is 11.5 Å². The van der Waals surface area contributed by atoms with Crippen molar-refractivity contribution in [2.24, 2.45) is 0 Å². The largest absolute Gasteiger partial charge is 0.513 e. The van der Waals surface area contributed by atoms with E-state index in [0.29, 0.717) is 22.7 Å². The topological polar surface area (TPSA) is 103 Å². The monoisotopic (exact) mass is 434 g/mol. The van der Waals surface area contributed by atoms with E-state index >= 15 is 0 Å². The molecule has 0 aliphatic carbocycles. The van der Waals surface area contributed by atoms with Crippen molar-refractivity contribution >= 4 is 29.3 Å². The summed E-state index contributed by atoms with van der Waals surface area (Å²) in [4.78, 5) is 35.9. The van der Waals surface area contributed by atoms with Crippen LogP contribution in [0.2, 0.25) is 0 Å². The summed E-state index contributed by atoms with van der Waals surface area (Å²) in [6.45, 7) is 1.74. The van der Waals surface area contributed by atoms with E-state index in [1.807, 2.05) is 18.2 Å². The van der Waals surface area contributed by atoms with E-state index in [-0.39, 0.29) is 30.8 Å². The molecule has 8 heteroatoms. The lowest BCUT2D eigenvalue weighted by Crippen LogP contribution is -2.20. The Bertz CT molecular complexity index is 1070. The summed E-state index contributed by atoms with van der Waals surface area (Å²) in [6, 6.07) is 21.8. The van der Waals surface area contributed by atoms with Gasteiger partial charge in [0.2, 0.25) is 0 Å². The molecule has 0 radical (unpaired) electrons. The molecule has 2 N–H and O–H groups in total. The van der Waals surface area contributed by atoms with Gasteiger partial charge >= 0.3 is 6.16 Å². The zero-order chi connectivity index (χ0) is 22.8. The van der Waals surface area contributed by atoms with Crippen LogP contribution < -0.4 is 20.1 Å². The Kier molecular flexibility index (Phi) is 7.80. The zero-order valence-electron chi connectivity index (χ0n) is 17.4. The third-order valence-electron chi connectivity index (χ3n) is 4.10. The molecule has 0 saturated heterocycles. The predicted molar refractivity (Wildman–Crippen MR) is 119 cm³/mol. The molecule has 0 heterocycles. The van der Waals surface area contributed by atoms with Crippen molar-refractivity contribution in [3.05, 3.63) is 84.4 Å². The van der Waals surface area contributed by atoms with Crippen molar-refractivity contribution in [2.75, 3.05) is 23.8 Å². The number of hydrogen-bond donors (Lipinski definition) is 2. The Morgan fingerprint density at radius 1 is 0.781 bits per heavy atom. The number of benzene rings is 3. The highest BCUT2D eigenvalue weighted by atomic mass is 16.7. The molecule has 8 nitrogen and oxygen atoms in total. The number of carbonyl (C=O) groups is 3. The lowest BCUT2D eigenvalue weighted by atomic mass is 10.2. The van der Waals surface area contributed by atoms with Crippen LogP contribution in [0, 0.1) is 0 Å². The summed E-state index contributed by atoms with van der Waals surface area (Å²) in [5.41, 5.74) is 1.39. The summed E-state index contributed by atoms with van der Waals surface area (Å²) in [5, 5.41) is 5.48. The lowest BCUT2D eigenvalue weighted by Gasteiger charge is -2.10. The van der Waals surface area contributed by atoms with Crippen LogP contribution >= 0.6 is 0 Å². The minimum Gasteiger partial charge on any atom is -0.484 e. The highest BCUT2D eigenvalue weighted by molar-refractivity contribution is 6.04. The normalized spacial score (nSPS) is 10.0. The Balaban J connectivity index is 1.54. The van der Waals surface area contributed by atoms with Crippen LogP contribution in [0.4, 0.5) is 16.2 Å². The van der Waals surface area contributed by atoms with Crippen LogP contribution in [0.3, 0.4) is 0 Å². The molecule has 3 aromatic rings. The Morgan fingerprint density at radius 2 is 1.47 bits per heavy atom. The SMILES string of the molecule is CCOC(=O)Oc1ccc(C(=O)Nc2cccc(NC(=O)COc3ccccc3)c2)cc1. The minimum absolute atomic E-state index is 0.138. The maximum Gasteiger partial charge on any atom is 0.513 e. The molecule has 0 atom stereocenters. The third kappa shape index (κ3) is 6.88. The van der Waals surface area contributed by atoms with Crippen molar-refractivity contribution < 1.29 is 28.6 Å². The maximum atomic E-state index is 12.5. The van der Waals surface area contributed by atoms with Gasteiger partial charge < -0.3 is 24.8 Å². The van der Waals surface area contributed by atoms with Crippen LogP contribution in [0.1, 0.15) is 17.3 Å². The first-order valence-electron chi connectivity index (χ1n) is 9.87. The molecule has 0 bridgehead atoms. The molecular weight excluding hydrogens is 412 g/mol. The first-order valence-corrected chi connectivity index (χ1v) is 9.87. The van der Waals surface area contributed by atoms with Gasteiger partial charge in [-0.3, -0.25) is 9.59 Å². The van der Waals surface area contributed by atoms with E-state index in [9.17, 15) is 14.4 Å². The molecule has 0 aliphatic rings. The molecule has 32 heavy (non-hydrogen) atoms. The predicted octanol–water partition coefficient (Wildman–Crippen LogP) is 4.49. The number of carbonyl (C=O) groups excluding carboxylic acids is 3. The Morgan fingerprint density at radius 3 is 2.16 bits per heavy atom.